The van der Waals surface area contributed by atoms with Gasteiger partial charge in [-0.3, -0.25) is 4.79 Å². The van der Waals surface area contributed by atoms with Gasteiger partial charge in [0.1, 0.15) is 0 Å². The van der Waals surface area contributed by atoms with E-state index in [1.165, 1.54) is 6.92 Å². The Morgan fingerprint density at radius 2 is 2.04 bits per heavy atom. The van der Waals surface area contributed by atoms with E-state index in [-0.39, 0.29) is 16.2 Å². The first kappa shape index (κ1) is 17.4. The second kappa shape index (κ2) is 6.46. The molecule has 1 saturated heterocycles. The van der Waals surface area contributed by atoms with Crippen LogP contribution in [-0.4, -0.2) is 40.5 Å². The van der Waals surface area contributed by atoms with E-state index >= 15 is 0 Å². The average molecular weight is 351 g/mol. The largest absolute Gasteiger partial charge is 0.317 e. The maximum atomic E-state index is 12.6. The molecule has 2 heterocycles. The van der Waals surface area contributed by atoms with Gasteiger partial charge in [-0.05, 0) is 61.5 Å². The lowest BCUT2D eigenvalue weighted by atomic mass is 9.81. The minimum atomic E-state index is -3.53. The molecule has 132 valence electrons. The number of nitrogens with one attached hydrogen (secondary N) is 2. The van der Waals surface area contributed by atoms with Gasteiger partial charge in [-0.15, -0.1) is 0 Å². The molecule has 0 saturated carbocycles. The summed E-state index contributed by atoms with van der Waals surface area (Å²) in [5.41, 5.74) is 1.74. The molecule has 1 fully saturated rings. The number of fused-ring (bicyclic) bond motifs is 1. The highest BCUT2D eigenvalue weighted by molar-refractivity contribution is 7.89. The van der Waals surface area contributed by atoms with Gasteiger partial charge in [0.2, 0.25) is 15.9 Å². The third-order valence-electron chi connectivity index (χ3n) is 5.14. The predicted molar refractivity (Wildman–Crippen MR) is 93.6 cm³/mol. The molecule has 2 N–H and O–H groups in total. The number of hydrogen-bond donors (Lipinski definition) is 2. The van der Waals surface area contributed by atoms with Gasteiger partial charge < -0.3 is 10.2 Å². The van der Waals surface area contributed by atoms with E-state index in [1.807, 2.05) is 0 Å². The third-order valence-corrected chi connectivity index (χ3v) is 6.54. The maximum absolute atomic E-state index is 12.6. The summed E-state index contributed by atoms with van der Waals surface area (Å²) in [5.74, 6) is -0.0127. The molecular weight excluding hydrogens is 326 g/mol. The first-order valence-corrected chi connectivity index (χ1v) is 9.91. The van der Waals surface area contributed by atoms with Crippen LogP contribution in [0.3, 0.4) is 0 Å². The Morgan fingerprint density at radius 3 is 2.71 bits per heavy atom. The fraction of sp³-hybridized carbons (Fsp3) is 0.588. The minimum absolute atomic E-state index is 0.000473. The standard InChI is InChI=1S/C17H25N3O3S/c1-13(21)20-10-5-14-11-15(3-4-16(14)20)24(22,23)19-12-17(2)6-8-18-9-7-17/h3-4,11,18-19H,5-10,12H2,1-2H3. The molecule has 2 aliphatic heterocycles. The van der Waals surface area contributed by atoms with Gasteiger partial charge in [0.15, 0.2) is 0 Å². The molecular formula is C17H25N3O3S. The molecule has 0 aliphatic carbocycles. The van der Waals surface area contributed by atoms with Crippen molar-refractivity contribution < 1.29 is 13.2 Å². The van der Waals surface area contributed by atoms with Crippen LogP contribution in [0.25, 0.3) is 0 Å². The maximum Gasteiger partial charge on any atom is 0.240 e. The van der Waals surface area contributed by atoms with Crippen LogP contribution in [0.2, 0.25) is 0 Å². The van der Waals surface area contributed by atoms with E-state index in [1.54, 1.807) is 23.1 Å². The Kier molecular flexibility index (Phi) is 4.68. The van der Waals surface area contributed by atoms with Crippen LogP contribution < -0.4 is 14.9 Å². The van der Waals surface area contributed by atoms with E-state index in [0.29, 0.717) is 19.5 Å². The van der Waals surface area contributed by atoms with Gasteiger partial charge in [-0.25, -0.2) is 13.1 Å². The summed E-state index contributed by atoms with van der Waals surface area (Å²) in [6.45, 7) is 6.58. The van der Waals surface area contributed by atoms with E-state index < -0.39 is 10.0 Å². The van der Waals surface area contributed by atoms with Crippen molar-refractivity contribution in [1.29, 1.82) is 0 Å². The molecule has 0 aromatic heterocycles. The zero-order valence-corrected chi connectivity index (χ0v) is 15.1. The zero-order chi connectivity index (χ0) is 17.4. The number of nitrogens with zero attached hydrogens (tertiary/aromatic N) is 1. The molecule has 0 atom stereocenters. The van der Waals surface area contributed by atoms with Gasteiger partial charge in [0.25, 0.3) is 0 Å². The Hall–Kier alpha value is -1.44. The molecule has 0 spiro atoms. The van der Waals surface area contributed by atoms with Crippen LogP contribution in [-0.2, 0) is 21.2 Å². The highest BCUT2D eigenvalue weighted by Crippen LogP contribution is 2.31. The van der Waals surface area contributed by atoms with Crippen LogP contribution in [0.1, 0.15) is 32.3 Å². The lowest BCUT2D eigenvalue weighted by Gasteiger charge is -2.34. The van der Waals surface area contributed by atoms with Crippen molar-refractivity contribution in [3.8, 4) is 0 Å². The summed E-state index contributed by atoms with van der Waals surface area (Å²) in [7, 11) is -3.53. The van der Waals surface area contributed by atoms with Crippen LogP contribution in [0, 0.1) is 5.41 Å². The van der Waals surface area contributed by atoms with Gasteiger partial charge in [-0.2, -0.15) is 0 Å². The topological polar surface area (TPSA) is 78.5 Å². The Balaban J connectivity index is 1.75. The summed E-state index contributed by atoms with van der Waals surface area (Å²) < 4.78 is 28.0. The first-order valence-electron chi connectivity index (χ1n) is 8.42. The van der Waals surface area contributed by atoms with Crippen LogP contribution in [0.4, 0.5) is 5.69 Å². The average Bonchev–Trinajstić information content (AvgIpc) is 2.97. The number of carbonyl (C=O) groups excluding carboxylic acids is 1. The number of carbonyl (C=O) groups is 1. The molecule has 1 amide bonds. The molecule has 1 aromatic carbocycles. The molecule has 0 bridgehead atoms. The predicted octanol–water partition coefficient (Wildman–Crippen LogP) is 1.26. The fourth-order valence-electron chi connectivity index (χ4n) is 3.43. The van der Waals surface area contributed by atoms with Crippen molar-refractivity contribution in [3.63, 3.8) is 0 Å². The number of amides is 1. The summed E-state index contributed by atoms with van der Waals surface area (Å²) in [5, 5.41) is 3.30. The van der Waals surface area contributed by atoms with E-state index in [9.17, 15) is 13.2 Å². The van der Waals surface area contributed by atoms with Gasteiger partial charge in [0, 0.05) is 25.7 Å². The minimum Gasteiger partial charge on any atom is -0.317 e. The number of hydrogen-bond acceptors (Lipinski definition) is 4. The lowest BCUT2D eigenvalue weighted by molar-refractivity contribution is -0.116. The van der Waals surface area contributed by atoms with Crippen LogP contribution >= 0.6 is 0 Å². The monoisotopic (exact) mass is 351 g/mol. The van der Waals surface area contributed by atoms with Crippen molar-refractivity contribution in [2.45, 2.75) is 38.0 Å². The molecule has 3 rings (SSSR count). The van der Waals surface area contributed by atoms with Crippen molar-refractivity contribution in [2.24, 2.45) is 5.41 Å². The molecule has 1 aromatic rings. The number of sulfonamides is 1. The Morgan fingerprint density at radius 1 is 1.33 bits per heavy atom. The smallest absolute Gasteiger partial charge is 0.240 e. The van der Waals surface area contributed by atoms with E-state index in [2.05, 4.69) is 17.0 Å². The van der Waals surface area contributed by atoms with Gasteiger partial charge in [-0.1, -0.05) is 6.92 Å². The number of piperidine rings is 1. The van der Waals surface area contributed by atoms with Crippen LogP contribution in [0.5, 0.6) is 0 Å². The molecule has 6 nitrogen and oxygen atoms in total. The lowest BCUT2D eigenvalue weighted by Crippen LogP contribution is -2.42. The quantitative estimate of drug-likeness (QED) is 0.856. The molecule has 0 radical (unpaired) electrons. The van der Waals surface area contributed by atoms with E-state index in [4.69, 9.17) is 0 Å². The summed E-state index contributed by atoms with van der Waals surface area (Å²) in [6, 6.07) is 5.03. The molecule has 24 heavy (non-hydrogen) atoms. The normalized spacial score (nSPS) is 20.0. The van der Waals surface area contributed by atoms with Crippen molar-refractivity contribution in [2.75, 3.05) is 31.1 Å². The van der Waals surface area contributed by atoms with Crippen molar-refractivity contribution >= 4 is 21.6 Å². The first-order chi connectivity index (χ1) is 11.3. The third kappa shape index (κ3) is 3.48. The molecule has 2 aliphatic rings. The zero-order valence-electron chi connectivity index (χ0n) is 14.3. The summed E-state index contributed by atoms with van der Waals surface area (Å²) in [6.07, 6.45) is 2.63. The van der Waals surface area contributed by atoms with E-state index in [0.717, 1.165) is 37.2 Å². The van der Waals surface area contributed by atoms with Gasteiger partial charge in [0.05, 0.1) is 4.90 Å². The van der Waals surface area contributed by atoms with Gasteiger partial charge >= 0.3 is 0 Å². The number of anilines is 1. The van der Waals surface area contributed by atoms with Crippen molar-refractivity contribution in [3.05, 3.63) is 23.8 Å². The van der Waals surface area contributed by atoms with Crippen LogP contribution in [0.15, 0.2) is 23.1 Å². The summed E-state index contributed by atoms with van der Waals surface area (Å²) in [4.78, 5) is 13.6. The Labute approximate surface area is 143 Å². The second-order valence-corrected chi connectivity index (χ2v) is 8.86. The highest BCUT2D eigenvalue weighted by atomic mass is 32.2. The Bertz CT molecular complexity index is 739. The van der Waals surface area contributed by atoms with Crippen molar-refractivity contribution in [1.82, 2.24) is 10.0 Å². The number of benzene rings is 1. The highest BCUT2D eigenvalue weighted by Gasteiger charge is 2.29. The molecule has 0 unspecified atom stereocenters. The fourth-order valence-corrected chi connectivity index (χ4v) is 4.68. The number of rotatable bonds is 4. The SMILES string of the molecule is CC(=O)N1CCc2cc(S(=O)(=O)NCC3(C)CCNCC3)ccc21. The second-order valence-electron chi connectivity index (χ2n) is 7.10. The molecule has 7 heteroatoms. The summed E-state index contributed by atoms with van der Waals surface area (Å²) >= 11 is 0.